The third-order valence-electron chi connectivity index (χ3n) is 11.4. The van der Waals surface area contributed by atoms with Crippen LogP contribution in [0.4, 0.5) is 0 Å². The summed E-state index contributed by atoms with van der Waals surface area (Å²) in [6.07, 6.45) is 12.7. The van der Waals surface area contributed by atoms with Crippen LogP contribution in [0.3, 0.4) is 0 Å². The molecule has 8 aromatic rings. The third-order valence-corrected chi connectivity index (χ3v) is 19.9. The largest absolute Gasteiger partial charge is 0.134 e. The molecule has 0 unspecified atom stereocenters. The van der Waals surface area contributed by atoms with Crippen molar-refractivity contribution < 1.29 is 0 Å². The first kappa shape index (κ1) is 40.0. The van der Waals surface area contributed by atoms with Gasteiger partial charge in [-0.1, -0.05) is 89.5 Å². The normalized spacial score (nSPS) is 13.1. The van der Waals surface area contributed by atoms with Crippen LogP contribution < -0.4 is 0 Å². The molecule has 0 amide bonds. The van der Waals surface area contributed by atoms with Crippen molar-refractivity contribution in [2.45, 2.75) is 83.5 Å². The average molecular weight is 985 g/mol. The SMILES string of the molecule is CCCCCCC1(CCCCCC)c2cc(-c3ccc(-c4ccc(-c5ccc(Br)s5)s4)s3)ccc2-c2ccc(-c3ccc(-c4ccc(-c5ccc(Br)s5)s4)s3)cc21. The first-order valence-corrected chi connectivity index (χ1v) is 26.6. The molecule has 1 aliphatic carbocycles. The zero-order valence-corrected chi connectivity index (χ0v) is 40.2. The van der Waals surface area contributed by atoms with Crippen molar-refractivity contribution in [1.82, 2.24) is 0 Å². The van der Waals surface area contributed by atoms with Gasteiger partial charge in [0, 0.05) is 54.2 Å². The molecule has 6 heterocycles. The molecule has 0 aliphatic heterocycles. The Morgan fingerprint density at radius 3 is 1.05 bits per heavy atom. The van der Waals surface area contributed by atoms with Gasteiger partial charge >= 0.3 is 0 Å². The average Bonchev–Trinajstić information content (AvgIpc) is 4.08. The van der Waals surface area contributed by atoms with Crippen LogP contribution >= 0.6 is 99.9 Å². The van der Waals surface area contributed by atoms with E-state index < -0.39 is 0 Å². The topological polar surface area (TPSA) is 0 Å². The summed E-state index contributed by atoms with van der Waals surface area (Å²) in [5.41, 5.74) is 8.77. The van der Waals surface area contributed by atoms with Gasteiger partial charge in [0.2, 0.25) is 0 Å². The van der Waals surface area contributed by atoms with Crippen molar-refractivity contribution in [3.8, 4) is 71.0 Å². The van der Waals surface area contributed by atoms with Gasteiger partial charge in [-0.3, -0.25) is 0 Å². The van der Waals surface area contributed by atoms with Gasteiger partial charge in [0.25, 0.3) is 0 Å². The molecule has 0 N–H and O–H groups in total. The zero-order valence-electron chi connectivity index (χ0n) is 32.2. The van der Waals surface area contributed by atoms with Crippen molar-refractivity contribution in [3.63, 3.8) is 0 Å². The van der Waals surface area contributed by atoms with Gasteiger partial charge in [-0.05, 0) is 163 Å². The van der Waals surface area contributed by atoms with Crippen LogP contribution in [-0.2, 0) is 5.41 Å². The van der Waals surface area contributed by atoms with E-state index in [1.165, 1.54) is 143 Å². The molecule has 0 fully saturated rings. The number of unbranched alkanes of at least 4 members (excludes halogenated alkanes) is 6. The molecule has 0 bridgehead atoms. The van der Waals surface area contributed by atoms with Crippen LogP contribution in [0.5, 0.6) is 0 Å². The number of benzene rings is 2. The monoisotopic (exact) mass is 982 g/mol. The Morgan fingerprint density at radius 1 is 0.368 bits per heavy atom. The quantitative estimate of drug-likeness (QED) is 0.0847. The summed E-state index contributed by atoms with van der Waals surface area (Å²) in [7, 11) is 0. The molecule has 57 heavy (non-hydrogen) atoms. The van der Waals surface area contributed by atoms with E-state index >= 15 is 0 Å². The molecule has 0 nitrogen and oxygen atoms in total. The van der Waals surface area contributed by atoms with E-state index in [0.29, 0.717) is 0 Å². The molecule has 0 saturated heterocycles. The Labute approximate surface area is 378 Å². The van der Waals surface area contributed by atoms with E-state index in [1.54, 1.807) is 33.8 Å². The summed E-state index contributed by atoms with van der Waals surface area (Å²) >= 11 is 18.6. The van der Waals surface area contributed by atoms with Gasteiger partial charge in [0.15, 0.2) is 0 Å². The van der Waals surface area contributed by atoms with Gasteiger partial charge < -0.3 is 0 Å². The molecule has 0 radical (unpaired) electrons. The highest BCUT2D eigenvalue weighted by Crippen LogP contribution is 2.56. The van der Waals surface area contributed by atoms with Crippen molar-refractivity contribution >= 4 is 99.9 Å². The highest BCUT2D eigenvalue weighted by atomic mass is 79.9. The fraction of sp³-hybridized carbons (Fsp3) is 0.265. The lowest BCUT2D eigenvalue weighted by Crippen LogP contribution is -2.25. The maximum absolute atomic E-state index is 3.65. The summed E-state index contributed by atoms with van der Waals surface area (Å²) in [5.74, 6) is 0. The molecule has 6 aromatic heterocycles. The van der Waals surface area contributed by atoms with Crippen molar-refractivity contribution in [1.29, 1.82) is 0 Å². The summed E-state index contributed by atoms with van der Waals surface area (Å²) in [4.78, 5) is 13.4. The zero-order chi connectivity index (χ0) is 38.9. The lowest BCUT2D eigenvalue weighted by molar-refractivity contribution is 0.401. The summed E-state index contributed by atoms with van der Waals surface area (Å²) < 4.78 is 2.36. The van der Waals surface area contributed by atoms with E-state index in [1.807, 2.05) is 45.3 Å². The maximum atomic E-state index is 3.65. The van der Waals surface area contributed by atoms with Gasteiger partial charge in [-0.2, -0.15) is 0 Å². The predicted molar refractivity (Wildman–Crippen MR) is 265 cm³/mol. The lowest BCUT2D eigenvalue weighted by Gasteiger charge is -2.33. The molecule has 0 saturated carbocycles. The number of fused-ring (bicyclic) bond motifs is 3. The van der Waals surface area contributed by atoms with Crippen LogP contribution in [0.1, 0.15) is 89.2 Å². The van der Waals surface area contributed by atoms with E-state index in [0.717, 1.165) is 0 Å². The Morgan fingerprint density at radius 2 is 0.702 bits per heavy atom. The number of thiophene rings is 6. The third kappa shape index (κ3) is 8.24. The van der Waals surface area contributed by atoms with E-state index in [2.05, 4.69) is 155 Å². The highest BCUT2D eigenvalue weighted by Gasteiger charge is 2.42. The van der Waals surface area contributed by atoms with Gasteiger partial charge in [0.1, 0.15) is 0 Å². The molecular formula is C49H44Br2S6. The first-order chi connectivity index (χ1) is 27.9. The van der Waals surface area contributed by atoms with Gasteiger partial charge in [-0.15, -0.1) is 68.0 Å². The minimum absolute atomic E-state index is 0.0214. The smallest absolute Gasteiger partial charge is 0.0705 e. The number of hydrogen-bond donors (Lipinski definition) is 0. The molecule has 290 valence electrons. The number of rotatable bonds is 16. The number of hydrogen-bond acceptors (Lipinski definition) is 6. The van der Waals surface area contributed by atoms with Crippen molar-refractivity contribution in [2.24, 2.45) is 0 Å². The van der Waals surface area contributed by atoms with Crippen LogP contribution in [-0.4, -0.2) is 0 Å². The molecule has 0 spiro atoms. The number of halogens is 2. The summed E-state index contributed by atoms with van der Waals surface area (Å²) in [6.45, 7) is 4.67. The van der Waals surface area contributed by atoms with Crippen LogP contribution in [0, 0.1) is 0 Å². The molecule has 1 aliphatic rings. The summed E-state index contributed by atoms with van der Waals surface area (Å²) in [5, 5.41) is 0. The molecule has 2 aromatic carbocycles. The first-order valence-electron chi connectivity index (χ1n) is 20.1. The second kappa shape index (κ2) is 17.7. The van der Waals surface area contributed by atoms with Crippen LogP contribution in [0.15, 0.2) is 117 Å². The van der Waals surface area contributed by atoms with Crippen LogP contribution in [0.25, 0.3) is 71.0 Å². The minimum atomic E-state index is 0.0214. The molecular weight excluding hydrogens is 941 g/mol. The predicted octanol–water partition coefficient (Wildman–Crippen LogP) is 19.8. The molecule has 9 rings (SSSR count). The van der Waals surface area contributed by atoms with Gasteiger partial charge in [0.05, 0.1) is 7.57 Å². The van der Waals surface area contributed by atoms with Crippen LogP contribution in [0.2, 0.25) is 0 Å². The maximum Gasteiger partial charge on any atom is 0.0705 e. The second-order valence-electron chi connectivity index (χ2n) is 15.1. The van der Waals surface area contributed by atoms with E-state index in [9.17, 15) is 0 Å². The fourth-order valence-corrected chi connectivity index (χ4v) is 15.7. The fourth-order valence-electron chi connectivity index (χ4n) is 8.52. The molecule has 8 heteroatoms. The molecule has 0 atom stereocenters. The Hall–Kier alpha value is -2.40. The van der Waals surface area contributed by atoms with E-state index in [4.69, 9.17) is 0 Å². The minimum Gasteiger partial charge on any atom is -0.134 e. The Balaban J connectivity index is 1.07. The standard InChI is InChI=1S/C49H44Br2S6/c1-3-5-7-9-27-49(28-10-8-6-4-2)35-29-31(37-15-17-39(52-37)41-19-21-43(54-41)45-23-25-47(50)56-45)11-13-33(35)34-14-12-32(30-36(34)49)38-16-18-40(53-38)42-20-22-44(55-42)46-24-26-48(51)57-46/h11-26,29-30H,3-10,27-28H2,1-2H3. The van der Waals surface area contributed by atoms with Crippen molar-refractivity contribution in [2.75, 3.05) is 0 Å². The summed E-state index contributed by atoms with van der Waals surface area (Å²) in [6, 6.07) is 42.2. The second-order valence-corrected chi connectivity index (χ2v) is 24.3. The van der Waals surface area contributed by atoms with Crippen molar-refractivity contribution in [3.05, 3.63) is 128 Å². The van der Waals surface area contributed by atoms with Gasteiger partial charge in [-0.25, -0.2) is 0 Å². The Kier molecular flexibility index (Phi) is 12.4. The Bertz CT molecular complexity index is 2440. The highest BCUT2D eigenvalue weighted by molar-refractivity contribution is 9.11. The van der Waals surface area contributed by atoms with E-state index in [-0.39, 0.29) is 5.41 Å². The lowest BCUT2D eigenvalue weighted by atomic mass is 9.70.